The van der Waals surface area contributed by atoms with Crippen LogP contribution >= 0.6 is 11.8 Å². The minimum absolute atomic E-state index is 0.626. The van der Waals surface area contributed by atoms with Crippen LogP contribution in [0.2, 0.25) is 0 Å². The molecule has 2 aliphatic rings. The van der Waals surface area contributed by atoms with E-state index in [1.54, 1.807) is 0 Å². The summed E-state index contributed by atoms with van der Waals surface area (Å²) in [7, 11) is 0. The highest BCUT2D eigenvalue weighted by atomic mass is 32.2. The molecule has 0 saturated carbocycles. The molecule has 2 aliphatic heterocycles. The van der Waals surface area contributed by atoms with Gasteiger partial charge in [-0.2, -0.15) is 11.8 Å². The molecular formula is C7H14N2S. The van der Waals surface area contributed by atoms with Crippen molar-refractivity contribution in [3.8, 4) is 0 Å². The molecule has 2 fully saturated rings. The van der Waals surface area contributed by atoms with Gasteiger partial charge in [-0.1, -0.05) is 0 Å². The van der Waals surface area contributed by atoms with Gasteiger partial charge in [0.2, 0.25) is 0 Å². The van der Waals surface area contributed by atoms with E-state index >= 15 is 0 Å². The quantitative estimate of drug-likeness (QED) is 0.515. The molecule has 2 heterocycles. The molecule has 0 bridgehead atoms. The predicted octanol–water partition coefficient (Wildman–Crippen LogP) is -0.0876. The number of hydrogen-bond donors (Lipinski definition) is 2. The van der Waals surface area contributed by atoms with Gasteiger partial charge < -0.3 is 10.6 Å². The Balaban J connectivity index is 1.92. The smallest absolute Gasteiger partial charge is 0.0168 e. The summed E-state index contributed by atoms with van der Waals surface area (Å²) in [6, 6.07) is 0. The number of rotatable bonds is 0. The van der Waals surface area contributed by atoms with E-state index in [1.165, 1.54) is 37.7 Å². The first-order chi connectivity index (χ1) is 4.91. The zero-order valence-electron chi connectivity index (χ0n) is 6.15. The van der Waals surface area contributed by atoms with Crippen molar-refractivity contribution in [2.45, 2.75) is 0 Å². The van der Waals surface area contributed by atoms with Crippen LogP contribution in [0.15, 0.2) is 0 Å². The number of thioether (sulfide) groups is 1. The molecule has 1 spiro atoms. The van der Waals surface area contributed by atoms with E-state index in [0.29, 0.717) is 5.41 Å². The molecule has 10 heavy (non-hydrogen) atoms. The first-order valence-corrected chi connectivity index (χ1v) is 5.06. The predicted molar refractivity (Wildman–Crippen MR) is 45.5 cm³/mol. The highest BCUT2D eigenvalue weighted by Gasteiger charge is 2.36. The third-order valence-electron chi connectivity index (χ3n) is 2.33. The molecule has 0 amide bonds. The van der Waals surface area contributed by atoms with E-state index in [-0.39, 0.29) is 0 Å². The molecule has 0 aromatic carbocycles. The van der Waals surface area contributed by atoms with Gasteiger partial charge >= 0.3 is 0 Å². The van der Waals surface area contributed by atoms with Gasteiger partial charge in [0, 0.05) is 43.1 Å². The summed E-state index contributed by atoms with van der Waals surface area (Å²) in [6.07, 6.45) is 0. The van der Waals surface area contributed by atoms with Crippen molar-refractivity contribution in [1.82, 2.24) is 10.6 Å². The molecule has 0 aromatic heterocycles. The second-order valence-corrected chi connectivity index (χ2v) is 4.44. The Labute approximate surface area is 66.1 Å². The summed E-state index contributed by atoms with van der Waals surface area (Å²) in [6.45, 7) is 4.89. The Morgan fingerprint density at radius 2 is 1.90 bits per heavy atom. The van der Waals surface area contributed by atoms with Gasteiger partial charge in [0.25, 0.3) is 0 Å². The van der Waals surface area contributed by atoms with Crippen molar-refractivity contribution < 1.29 is 0 Å². The van der Waals surface area contributed by atoms with Crippen molar-refractivity contribution in [2.24, 2.45) is 5.41 Å². The Morgan fingerprint density at radius 3 is 2.60 bits per heavy atom. The maximum atomic E-state index is 3.48. The summed E-state index contributed by atoms with van der Waals surface area (Å²) >= 11 is 2.10. The molecule has 0 aromatic rings. The maximum Gasteiger partial charge on any atom is 0.0168 e. The van der Waals surface area contributed by atoms with E-state index in [1.807, 2.05) is 0 Å². The lowest BCUT2D eigenvalue weighted by Gasteiger charge is -2.41. The fourth-order valence-corrected chi connectivity index (χ4v) is 2.72. The van der Waals surface area contributed by atoms with Crippen LogP contribution in [0.1, 0.15) is 0 Å². The normalized spacial score (nSPS) is 31.2. The van der Waals surface area contributed by atoms with Gasteiger partial charge in [0.05, 0.1) is 0 Å². The number of hydrogen-bond acceptors (Lipinski definition) is 3. The Hall–Kier alpha value is 0.270. The largest absolute Gasteiger partial charge is 0.315 e. The highest BCUT2D eigenvalue weighted by molar-refractivity contribution is 7.99. The zero-order chi connectivity index (χ0) is 6.86. The fourth-order valence-electron chi connectivity index (χ4n) is 1.54. The minimum Gasteiger partial charge on any atom is -0.315 e. The second kappa shape index (κ2) is 2.72. The Morgan fingerprint density at radius 1 is 1.10 bits per heavy atom. The van der Waals surface area contributed by atoms with Crippen LogP contribution in [0.4, 0.5) is 0 Å². The van der Waals surface area contributed by atoms with Crippen LogP contribution in [-0.2, 0) is 0 Å². The second-order valence-electron chi connectivity index (χ2n) is 3.33. The molecule has 2 saturated heterocycles. The van der Waals surface area contributed by atoms with Gasteiger partial charge in [0.1, 0.15) is 0 Å². The summed E-state index contributed by atoms with van der Waals surface area (Å²) in [5.41, 5.74) is 0.626. The number of nitrogens with one attached hydrogen (secondary N) is 2. The fraction of sp³-hybridized carbons (Fsp3) is 1.00. The van der Waals surface area contributed by atoms with Gasteiger partial charge in [-0.15, -0.1) is 0 Å². The van der Waals surface area contributed by atoms with Crippen LogP contribution in [0, 0.1) is 5.41 Å². The third kappa shape index (κ3) is 1.18. The first-order valence-electron chi connectivity index (χ1n) is 3.91. The molecule has 0 radical (unpaired) electrons. The van der Waals surface area contributed by atoms with Crippen molar-refractivity contribution in [1.29, 1.82) is 0 Å². The van der Waals surface area contributed by atoms with Crippen LogP contribution in [0.3, 0.4) is 0 Å². The van der Waals surface area contributed by atoms with Crippen molar-refractivity contribution >= 4 is 11.8 Å². The first kappa shape index (κ1) is 6.95. The molecule has 2 N–H and O–H groups in total. The van der Waals surface area contributed by atoms with E-state index in [0.717, 1.165) is 0 Å². The van der Waals surface area contributed by atoms with Gasteiger partial charge in [-0.05, 0) is 0 Å². The van der Waals surface area contributed by atoms with Crippen molar-refractivity contribution in [3.63, 3.8) is 0 Å². The molecule has 3 heteroatoms. The monoisotopic (exact) mass is 158 g/mol. The van der Waals surface area contributed by atoms with Crippen molar-refractivity contribution in [2.75, 3.05) is 37.7 Å². The lowest BCUT2D eigenvalue weighted by atomic mass is 9.84. The SMILES string of the molecule is C1CSCC2(CN1)CNC2. The molecule has 0 aliphatic carbocycles. The topological polar surface area (TPSA) is 24.1 Å². The molecule has 2 rings (SSSR count). The minimum atomic E-state index is 0.626. The van der Waals surface area contributed by atoms with E-state index in [9.17, 15) is 0 Å². The zero-order valence-corrected chi connectivity index (χ0v) is 6.97. The molecular weight excluding hydrogens is 144 g/mol. The third-order valence-corrected chi connectivity index (χ3v) is 3.64. The lowest BCUT2D eigenvalue weighted by molar-refractivity contribution is 0.200. The van der Waals surface area contributed by atoms with E-state index < -0.39 is 0 Å². The van der Waals surface area contributed by atoms with Gasteiger partial charge in [-0.25, -0.2) is 0 Å². The lowest BCUT2D eigenvalue weighted by Crippen LogP contribution is -2.59. The molecule has 58 valence electrons. The van der Waals surface area contributed by atoms with Gasteiger partial charge in [0.15, 0.2) is 0 Å². The summed E-state index contributed by atoms with van der Waals surface area (Å²) in [5.74, 6) is 2.65. The standard InChI is InChI=1S/C7H14N2S/c1-2-10-6-7(3-8-1)4-9-5-7/h8-9H,1-6H2. The summed E-state index contributed by atoms with van der Waals surface area (Å²) in [4.78, 5) is 0. The van der Waals surface area contributed by atoms with Crippen molar-refractivity contribution in [3.05, 3.63) is 0 Å². The maximum absolute atomic E-state index is 3.48. The van der Waals surface area contributed by atoms with Crippen LogP contribution in [-0.4, -0.2) is 37.7 Å². The van der Waals surface area contributed by atoms with Crippen LogP contribution in [0.25, 0.3) is 0 Å². The van der Waals surface area contributed by atoms with Gasteiger partial charge in [-0.3, -0.25) is 0 Å². The Kier molecular flexibility index (Phi) is 1.89. The molecule has 0 atom stereocenters. The average molecular weight is 158 g/mol. The highest BCUT2D eigenvalue weighted by Crippen LogP contribution is 2.27. The van der Waals surface area contributed by atoms with Crippen LogP contribution < -0.4 is 10.6 Å². The average Bonchev–Trinajstić information content (AvgIpc) is 2.08. The Bertz CT molecular complexity index is 113. The summed E-state index contributed by atoms with van der Waals surface area (Å²) in [5, 5.41) is 6.83. The van der Waals surface area contributed by atoms with Crippen LogP contribution in [0.5, 0.6) is 0 Å². The summed E-state index contributed by atoms with van der Waals surface area (Å²) < 4.78 is 0. The molecule has 2 nitrogen and oxygen atoms in total. The van der Waals surface area contributed by atoms with E-state index in [4.69, 9.17) is 0 Å². The van der Waals surface area contributed by atoms with E-state index in [2.05, 4.69) is 22.4 Å². The molecule has 0 unspecified atom stereocenters.